The zero-order valence-electron chi connectivity index (χ0n) is 15.5. The van der Waals surface area contributed by atoms with Crippen molar-refractivity contribution in [2.75, 3.05) is 0 Å². The Bertz CT molecular complexity index is 1430. The average Bonchev–Trinajstić information content (AvgIpc) is 3.33. The van der Waals surface area contributed by atoms with Gasteiger partial charge in [0.05, 0.1) is 23.3 Å². The summed E-state index contributed by atoms with van der Waals surface area (Å²) in [7, 11) is 0. The van der Waals surface area contributed by atoms with E-state index in [-0.39, 0.29) is 11.7 Å². The number of hydrogen-bond donors (Lipinski definition) is 1. The number of fused-ring (bicyclic) bond motifs is 3. The molecule has 1 N–H and O–H groups in total. The topological polar surface area (TPSA) is 94.3 Å². The Hall–Kier alpha value is -3.81. The van der Waals surface area contributed by atoms with Crippen LogP contribution in [0.2, 0.25) is 0 Å². The van der Waals surface area contributed by atoms with E-state index in [1.807, 2.05) is 41.1 Å². The predicted octanol–water partition coefficient (Wildman–Crippen LogP) is 2.78. The van der Waals surface area contributed by atoms with Gasteiger partial charge in [-0.2, -0.15) is 4.98 Å². The number of H-pyrrole nitrogens is 1. The van der Waals surface area contributed by atoms with Crippen LogP contribution in [0.3, 0.4) is 0 Å². The van der Waals surface area contributed by atoms with E-state index >= 15 is 0 Å². The van der Waals surface area contributed by atoms with Gasteiger partial charge < -0.3 is 4.98 Å². The number of nitrogens with zero attached hydrogens (tertiary/aromatic N) is 6. The van der Waals surface area contributed by atoms with Gasteiger partial charge in [-0.05, 0) is 43.0 Å². The van der Waals surface area contributed by atoms with Gasteiger partial charge in [0.25, 0.3) is 0 Å². The molecule has 1 aromatic carbocycles. The molecule has 0 radical (unpaired) electrons. The van der Waals surface area contributed by atoms with E-state index in [1.54, 1.807) is 17.1 Å². The molecule has 1 aliphatic carbocycles. The Morgan fingerprint density at radius 1 is 1.07 bits per heavy atom. The van der Waals surface area contributed by atoms with Crippen LogP contribution >= 0.6 is 0 Å². The molecule has 8 nitrogen and oxygen atoms in total. The van der Waals surface area contributed by atoms with Gasteiger partial charge in [0.2, 0.25) is 5.95 Å². The van der Waals surface area contributed by atoms with Crippen LogP contribution < -0.4 is 5.69 Å². The van der Waals surface area contributed by atoms with Crippen LogP contribution in [-0.4, -0.2) is 34.1 Å². The van der Waals surface area contributed by atoms with Crippen molar-refractivity contribution in [2.45, 2.75) is 25.3 Å². The van der Waals surface area contributed by atoms with Gasteiger partial charge in [0.1, 0.15) is 11.8 Å². The molecule has 0 amide bonds. The molecule has 0 fully saturated rings. The van der Waals surface area contributed by atoms with Crippen LogP contribution in [0.15, 0.2) is 59.9 Å². The van der Waals surface area contributed by atoms with E-state index < -0.39 is 0 Å². The Kier molecular flexibility index (Phi) is 3.40. The van der Waals surface area contributed by atoms with Gasteiger partial charge in [-0.25, -0.2) is 14.8 Å². The Morgan fingerprint density at radius 2 is 2.00 bits per heavy atom. The van der Waals surface area contributed by atoms with E-state index in [1.165, 1.54) is 0 Å². The first kappa shape index (κ1) is 16.2. The molecule has 5 aromatic rings. The van der Waals surface area contributed by atoms with Crippen LogP contribution in [-0.2, 0) is 6.42 Å². The highest BCUT2D eigenvalue weighted by Gasteiger charge is 2.26. The second-order valence-corrected chi connectivity index (χ2v) is 7.26. The van der Waals surface area contributed by atoms with Gasteiger partial charge in [-0.3, -0.25) is 14.1 Å². The quantitative estimate of drug-likeness (QED) is 0.506. The number of benzene rings is 1. The number of hydrogen-bond acceptors (Lipinski definition) is 5. The fourth-order valence-electron chi connectivity index (χ4n) is 4.28. The number of para-hydroxylation sites is 2. The lowest BCUT2D eigenvalue weighted by Gasteiger charge is -2.25. The molecule has 0 saturated heterocycles. The van der Waals surface area contributed by atoms with Crippen LogP contribution in [0.5, 0.6) is 0 Å². The molecular formula is C21H17N7O. The summed E-state index contributed by atoms with van der Waals surface area (Å²) in [6.07, 6.45) is 7.98. The number of pyridine rings is 1. The zero-order chi connectivity index (χ0) is 19.4. The average molecular weight is 383 g/mol. The highest BCUT2D eigenvalue weighted by atomic mass is 16.1. The van der Waals surface area contributed by atoms with Crippen molar-refractivity contribution in [3.63, 3.8) is 0 Å². The number of imidazole rings is 2. The summed E-state index contributed by atoms with van der Waals surface area (Å²) in [5.41, 5.74) is 4.98. The molecule has 4 heterocycles. The summed E-state index contributed by atoms with van der Waals surface area (Å²) in [5.74, 6) is 0.487. The molecule has 0 aliphatic heterocycles. The van der Waals surface area contributed by atoms with Crippen molar-refractivity contribution < 1.29 is 0 Å². The van der Waals surface area contributed by atoms with E-state index in [0.29, 0.717) is 17.1 Å². The number of nitrogens with one attached hydrogen (secondary N) is 1. The van der Waals surface area contributed by atoms with E-state index in [0.717, 1.165) is 41.6 Å². The van der Waals surface area contributed by atoms with E-state index in [9.17, 15) is 4.79 Å². The first-order chi connectivity index (χ1) is 14.3. The third-order valence-electron chi connectivity index (χ3n) is 5.60. The van der Waals surface area contributed by atoms with Crippen molar-refractivity contribution in [2.24, 2.45) is 0 Å². The lowest BCUT2D eigenvalue weighted by molar-refractivity contribution is 0.481. The monoisotopic (exact) mass is 383 g/mol. The third kappa shape index (κ3) is 2.42. The molecule has 4 aromatic heterocycles. The molecule has 6 rings (SSSR count). The van der Waals surface area contributed by atoms with Crippen LogP contribution in [0.1, 0.15) is 30.1 Å². The van der Waals surface area contributed by atoms with Gasteiger partial charge in [-0.1, -0.05) is 18.2 Å². The maximum absolute atomic E-state index is 12.9. The normalized spacial score (nSPS) is 16.3. The van der Waals surface area contributed by atoms with Gasteiger partial charge >= 0.3 is 5.69 Å². The minimum atomic E-state index is -0.177. The van der Waals surface area contributed by atoms with Gasteiger partial charge in [0, 0.05) is 11.9 Å². The van der Waals surface area contributed by atoms with Crippen LogP contribution in [0, 0.1) is 0 Å². The van der Waals surface area contributed by atoms with Crippen molar-refractivity contribution in [1.82, 2.24) is 34.1 Å². The Labute approximate surface area is 164 Å². The molecule has 1 aliphatic rings. The number of aryl methyl sites for hydroxylation is 1. The molecule has 0 saturated carbocycles. The molecule has 8 heteroatoms. The first-order valence-electron chi connectivity index (χ1n) is 9.63. The van der Waals surface area contributed by atoms with Gasteiger partial charge in [0.15, 0.2) is 5.65 Å². The minimum absolute atomic E-state index is 0.0871. The van der Waals surface area contributed by atoms with E-state index in [4.69, 9.17) is 4.98 Å². The highest BCUT2D eigenvalue weighted by molar-refractivity contribution is 5.77. The second-order valence-electron chi connectivity index (χ2n) is 7.26. The maximum Gasteiger partial charge on any atom is 0.328 e. The van der Waals surface area contributed by atoms with Crippen molar-refractivity contribution in [3.8, 4) is 5.95 Å². The molecule has 0 unspecified atom stereocenters. The van der Waals surface area contributed by atoms with Crippen molar-refractivity contribution >= 4 is 22.2 Å². The summed E-state index contributed by atoms with van der Waals surface area (Å²) >= 11 is 0. The lowest BCUT2D eigenvalue weighted by atomic mass is 9.91. The number of aromatic amines is 1. The summed E-state index contributed by atoms with van der Waals surface area (Å²) < 4.78 is 3.59. The summed E-state index contributed by atoms with van der Waals surface area (Å²) in [6, 6.07) is 11.7. The van der Waals surface area contributed by atoms with E-state index in [2.05, 4.69) is 26.0 Å². The minimum Gasteiger partial charge on any atom is -0.303 e. The second kappa shape index (κ2) is 6.10. The third-order valence-corrected chi connectivity index (χ3v) is 5.60. The standard InChI is InChI=1S/C21H17N7O/c29-21-25-16-11-23-20(27-12-24-15-6-1-2-8-18(15)27)26-19(16)28(21)17-9-3-7-14-13(17)5-4-10-22-14/h1-2,4-6,8,10-12,17H,3,7,9H2,(H,25,29)/t17-/m1/s1. The highest BCUT2D eigenvalue weighted by Crippen LogP contribution is 2.32. The van der Waals surface area contributed by atoms with Crippen LogP contribution in [0.25, 0.3) is 28.1 Å². The van der Waals surface area contributed by atoms with Crippen molar-refractivity contribution in [3.05, 3.63) is 76.9 Å². The predicted molar refractivity (Wildman–Crippen MR) is 108 cm³/mol. The summed E-state index contributed by atoms with van der Waals surface area (Å²) in [6.45, 7) is 0. The lowest BCUT2D eigenvalue weighted by Crippen LogP contribution is -2.27. The molecule has 0 spiro atoms. The number of aromatic nitrogens is 7. The maximum atomic E-state index is 12.9. The largest absolute Gasteiger partial charge is 0.328 e. The fraction of sp³-hybridized carbons (Fsp3) is 0.190. The summed E-state index contributed by atoms with van der Waals surface area (Å²) in [4.78, 5) is 33.9. The Morgan fingerprint density at radius 3 is 2.97 bits per heavy atom. The molecule has 142 valence electrons. The molecule has 0 bridgehead atoms. The van der Waals surface area contributed by atoms with Crippen molar-refractivity contribution in [1.29, 1.82) is 0 Å². The zero-order valence-corrected chi connectivity index (χ0v) is 15.5. The fourth-order valence-corrected chi connectivity index (χ4v) is 4.28. The van der Waals surface area contributed by atoms with Gasteiger partial charge in [-0.15, -0.1) is 0 Å². The number of rotatable bonds is 2. The summed E-state index contributed by atoms with van der Waals surface area (Å²) in [5, 5.41) is 0. The smallest absolute Gasteiger partial charge is 0.303 e. The molecule has 1 atom stereocenters. The SMILES string of the molecule is O=c1[nH]c2cnc(-n3cnc4ccccc43)nc2n1[C@@H]1CCCc2ncccc21. The molecule has 29 heavy (non-hydrogen) atoms. The Balaban J connectivity index is 1.57. The van der Waals surface area contributed by atoms with Crippen LogP contribution in [0.4, 0.5) is 0 Å². The first-order valence-corrected chi connectivity index (χ1v) is 9.63. The molecular weight excluding hydrogens is 366 g/mol.